The van der Waals surface area contributed by atoms with Gasteiger partial charge in [0, 0.05) is 131 Å². The number of nitrogens with zero attached hydrogens (tertiary/aromatic N) is 1. The largest absolute Gasteiger partial charge is 0.394 e. The fourth-order valence-electron chi connectivity index (χ4n) is 12.9. The van der Waals surface area contributed by atoms with E-state index < -0.39 is 154 Å². The summed E-state index contributed by atoms with van der Waals surface area (Å²) >= 11 is 4.85. The first-order valence-corrected chi connectivity index (χ1v) is 41.0. The summed E-state index contributed by atoms with van der Waals surface area (Å²) < 4.78 is 63.2. The average Bonchev–Trinajstić information content (AvgIpc) is 0.831. The molecule has 18 atom stereocenters. The molecule has 18 unspecified atom stereocenters. The van der Waals surface area contributed by atoms with Gasteiger partial charge in [-0.15, -0.1) is 0 Å². The SMILES string of the molecule is COP(O)(=S)OCCCCCCNC(=O)CCCC(=O)N1CC(COCCC(=O)NCCCCCCOC2OC(CO)C(O)C(O)C2NC(C)=O)C(OCCC(=O)NCCCCCCOC2OC(CO)C(O)C(O)C2NC(C)=O)C(COCCC(=O)NCCCCCCOC2OC(CO)C(O)C(O)C2NC(C)=O)C1. The van der Waals surface area contributed by atoms with Gasteiger partial charge in [-0.2, -0.15) is 0 Å². The van der Waals surface area contributed by atoms with Crippen molar-refractivity contribution in [2.45, 2.75) is 260 Å². The molecule has 37 nitrogen and oxygen atoms in total. The molecule has 17 N–H and O–H groups in total. The van der Waals surface area contributed by atoms with Crippen molar-refractivity contribution in [3.63, 3.8) is 0 Å². The predicted molar refractivity (Wildman–Crippen MR) is 392 cm³/mol. The fraction of sp³-hybridized carbons (Fsp3) is 0.886. The second-order valence-corrected chi connectivity index (χ2v) is 30.8. The number of hydrogen-bond donors (Lipinski definition) is 17. The second-order valence-electron chi connectivity index (χ2n) is 27.9. The van der Waals surface area contributed by atoms with Crippen molar-refractivity contribution >= 4 is 65.8 Å². The standard InChI is InChI=1S/C70H127N8O29PS/c1-45(82)75-58-64(93)61(90)50(40-79)105-68(58)101-31-17-9-5-13-28-72-54(86)24-35-98-43-48-38-78(57(89)23-21-22-53(85)71-27-16-8-12-20-34-104-108(96,109)97-4)39-49(44-99-36-25-55(87)73-29-14-6-10-18-32-102-69-59(76-46(2)83)65(94)62(91)51(41-80)106-69)67(48)100-37-26-56(88)74-30-15-7-11-19-33-103-70-60(77-47(3)84)66(95)63(92)52(42-81)107-70/h48-52,58-70,79-81,90-95H,5-44H2,1-4H3,(H,71,85)(H,72,86)(H,73,87)(H,74,88)(H,75,82)(H,76,83)(H,77,84)(H,96,109). The van der Waals surface area contributed by atoms with Gasteiger partial charge < -0.3 is 145 Å². The van der Waals surface area contributed by atoms with Gasteiger partial charge >= 0.3 is 6.72 Å². The Balaban J connectivity index is 1.33. The maximum Gasteiger partial charge on any atom is 0.324 e. The van der Waals surface area contributed by atoms with E-state index in [1.165, 1.54) is 27.9 Å². The zero-order valence-corrected chi connectivity index (χ0v) is 65.4. The number of carbonyl (C=O) groups is 8. The topological polar surface area (TPSA) is 528 Å². The van der Waals surface area contributed by atoms with Crippen molar-refractivity contribution in [2.24, 2.45) is 11.8 Å². The summed E-state index contributed by atoms with van der Waals surface area (Å²) in [6.45, 7) is 1.63. The van der Waals surface area contributed by atoms with E-state index in [2.05, 4.69) is 37.2 Å². The van der Waals surface area contributed by atoms with Crippen LogP contribution in [0.15, 0.2) is 0 Å². The third-order valence-electron chi connectivity index (χ3n) is 18.9. The van der Waals surface area contributed by atoms with Crippen LogP contribution in [0.5, 0.6) is 0 Å². The Bertz CT molecular complexity index is 2580. The Morgan fingerprint density at radius 3 is 1.06 bits per heavy atom. The molecule has 4 aliphatic heterocycles. The van der Waals surface area contributed by atoms with Crippen LogP contribution in [0.4, 0.5) is 0 Å². The van der Waals surface area contributed by atoms with Gasteiger partial charge in [0.25, 0.3) is 0 Å². The Morgan fingerprint density at radius 2 is 0.734 bits per heavy atom. The van der Waals surface area contributed by atoms with Crippen molar-refractivity contribution in [1.29, 1.82) is 0 Å². The lowest BCUT2D eigenvalue weighted by molar-refractivity contribution is -0.270. The molecule has 8 amide bonds. The van der Waals surface area contributed by atoms with Gasteiger partial charge in [-0.3, -0.25) is 38.4 Å². The lowest BCUT2D eigenvalue weighted by atomic mass is 9.86. The van der Waals surface area contributed by atoms with E-state index in [1.807, 2.05) is 0 Å². The van der Waals surface area contributed by atoms with Crippen LogP contribution in [0.3, 0.4) is 0 Å². The summed E-state index contributed by atoms with van der Waals surface area (Å²) in [7, 11) is 1.29. The molecule has 109 heavy (non-hydrogen) atoms. The van der Waals surface area contributed by atoms with Crippen molar-refractivity contribution in [2.75, 3.05) is 126 Å². The lowest BCUT2D eigenvalue weighted by Crippen LogP contribution is -2.64. The molecular weight excluding hydrogens is 1480 g/mol. The quantitative estimate of drug-likeness (QED) is 0.0217. The van der Waals surface area contributed by atoms with E-state index in [0.29, 0.717) is 103 Å². The van der Waals surface area contributed by atoms with E-state index in [9.17, 15) is 89.2 Å². The highest BCUT2D eigenvalue weighted by Crippen LogP contribution is 2.42. The van der Waals surface area contributed by atoms with Gasteiger partial charge in [-0.25, -0.2) is 0 Å². The zero-order valence-electron chi connectivity index (χ0n) is 63.7. The van der Waals surface area contributed by atoms with Crippen LogP contribution in [-0.4, -0.2) is 327 Å². The van der Waals surface area contributed by atoms with Gasteiger partial charge in [-0.05, 0) is 69.6 Å². The molecule has 0 bridgehead atoms. The number of unbranched alkanes of at least 4 members (excludes halogenated alkanes) is 12. The van der Waals surface area contributed by atoms with Crippen molar-refractivity contribution < 1.29 is 141 Å². The van der Waals surface area contributed by atoms with Crippen LogP contribution < -0.4 is 37.2 Å². The molecule has 0 aromatic heterocycles. The molecule has 0 radical (unpaired) electrons. The summed E-state index contributed by atoms with van der Waals surface area (Å²) in [6.07, 6.45) is -4.63. The molecular formula is C70H127N8O29PS. The maximum absolute atomic E-state index is 14.2. The van der Waals surface area contributed by atoms with Crippen molar-refractivity contribution in [3.8, 4) is 0 Å². The predicted octanol–water partition coefficient (Wildman–Crippen LogP) is -2.71. The number of ether oxygens (including phenoxy) is 9. The minimum Gasteiger partial charge on any atom is -0.394 e. The van der Waals surface area contributed by atoms with Gasteiger partial charge in [0.1, 0.15) is 73.1 Å². The van der Waals surface area contributed by atoms with E-state index in [0.717, 1.165) is 25.7 Å². The minimum absolute atomic E-state index is 0.00960. The minimum atomic E-state index is -3.22. The van der Waals surface area contributed by atoms with Crippen LogP contribution >= 0.6 is 6.72 Å². The number of hydrogen-bond acceptors (Lipinski definition) is 29. The molecule has 4 aliphatic rings. The molecule has 0 aromatic rings. The number of aliphatic hydroxyl groups is 9. The molecule has 4 rings (SSSR count). The van der Waals surface area contributed by atoms with Gasteiger partial charge in [0.2, 0.25) is 47.3 Å². The number of carbonyl (C=O) groups excluding carboxylic acids is 8. The van der Waals surface area contributed by atoms with Crippen molar-refractivity contribution in [1.82, 2.24) is 42.1 Å². The molecule has 4 heterocycles. The Labute approximate surface area is 643 Å². The molecule has 4 fully saturated rings. The molecule has 4 saturated heterocycles. The molecule has 39 heteroatoms. The van der Waals surface area contributed by atoms with E-state index in [4.69, 9.17) is 63.5 Å². The third-order valence-corrected chi connectivity index (χ3v) is 20.6. The number of rotatable bonds is 57. The summed E-state index contributed by atoms with van der Waals surface area (Å²) in [6, 6.07) is -3.16. The van der Waals surface area contributed by atoms with E-state index >= 15 is 0 Å². The first kappa shape index (κ1) is 96.9. The number of piperidine rings is 1. The Hall–Kier alpha value is -4.43. The number of amides is 8. The normalized spacial score (nSPS) is 27.6. The van der Waals surface area contributed by atoms with Crippen LogP contribution in [0, 0.1) is 11.8 Å². The van der Waals surface area contributed by atoms with E-state index in [-0.39, 0.29) is 141 Å². The number of aliphatic hydroxyl groups excluding tert-OH is 9. The van der Waals surface area contributed by atoms with Crippen LogP contribution in [0.1, 0.15) is 162 Å². The lowest BCUT2D eigenvalue weighted by Gasteiger charge is -2.43. The molecule has 632 valence electrons. The van der Waals surface area contributed by atoms with Gasteiger partial charge in [0.05, 0.1) is 65.6 Å². The Kier molecular flexibility index (Phi) is 49.0. The van der Waals surface area contributed by atoms with Gasteiger partial charge in [0.15, 0.2) is 18.9 Å². The van der Waals surface area contributed by atoms with Crippen molar-refractivity contribution in [3.05, 3.63) is 0 Å². The van der Waals surface area contributed by atoms with E-state index in [1.54, 1.807) is 4.90 Å². The summed E-state index contributed by atoms with van der Waals surface area (Å²) in [5.41, 5.74) is 0. The first-order chi connectivity index (χ1) is 52.2. The highest BCUT2D eigenvalue weighted by atomic mass is 32.5. The highest BCUT2D eigenvalue weighted by Gasteiger charge is 2.48. The smallest absolute Gasteiger partial charge is 0.324 e. The monoisotopic (exact) mass is 1610 g/mol. The first-order valence-electron chi connectivity index (χ1n) is 38.4. The molecule has 0 saturated carbocycles. The second kappa shape index (κ2) is 55.1. The Morgan fingerprint density at radius 1 is 0.413 bits per heavy atom. The molecule has 0 spiro atoms. The third kappa shape index (κ3) is 38.1. The van der Waals surface area contributed by atoms with Gasteiger partial charge in [-0.1, -0.05) is 51.4 Å². The molecule has 0 aliphatic carbocycles. The molecule has 0 aromatic carbocycles. The zero-order chi connectivity index (χ0) is 80.1. The number of likely N-dealkylation sites (tertiary alicyclic amines) is 1. The maximum atomic E-state index is 14.2. The average molecular weight is 1610 g/mol. The summed E-state index contributed by atoms with van der Waals surface area (Å²) in [4.78, 5) is 113. The van der Waals surface area contributed by atoms with Crippen LogP contribution in [-0.2, 0) is 102 Å². The highest BCUT2D eigenvalue weighted by molar-refractivity contribution is 8.07. The summed E-state index contributed by atoms with van der Waals surface area (Å²) in [5, 5.41) is 111. The summed E-state index contributed by atoms with van der Waals surface area (Å²) in [5.74, 6) is -3.61. The number of nitrogens with one attached hydrogen (secondary N) is 7. The fourth-order valence-corrected chi connectivity index (χ4v) is 13.6. The van der Waals surface area contributed by atoms with Crippen LogP contribution in [0.2, 0.25) is 0 Å². The van der Waals surface area contributed by atoms with Crippen LogP contribution in [0.25, 0.3) is 0 Å².